The van der Waals surface area contributed by atoms with E-state index in [2.05, 4.69) is 9.69 Å². The number of nitrogens with zero attached hydrogens (tertiary/aromatic N) is 2. The number of carbonyl (C=O) groups excluding carboxylic acids is 2. The molecule has 0 aliphatic rings. The van der Waals surface area contributed by atoms with Gasteiger partial charge in [0.15, 0.2) is 0 Å². The number of alkyl carbamates (subject to hydrolysis) is 1. The Hall–Kier alpha value is -3.63. The third kappa shape index (κ3) is 6.78. The fraction of sp³-hybridized carbons (Fsp3) is 0.308. The molecule has 0 unspecified atom stereocenters. The van der Waals surface area contributed by atoms with E-state index in [4.69, 9.17) is 32.2 Å². The van der Waals surface area contributed by atoms with E-state index in [-0.39, 0.29) is 6.54 Å². The third-order valence-corrected chi connectivity index (χ3v) is 6.38. The molecule has 9 nitrogen and oxygen atoms in total. The average molecular weight is 544 g/mol. The summed E-state index contributed by atoms with van der Waals surface area (Å²) in [6.07, 6.45) is -0.850. The van der Waals surface area contributed by atoms with Crippen molar-refractivity contribution in [3.63, 3.8) is 0 Å². The SMILES string of the molecule is COc1ccc(-c2nsc(C)c2C(=O)N(Cc2cc(C)c(N)c(Cl)c2)C(=N)NC(=O)OC(C)(C)C)cc1. The van der Waals surface area contributed by atoms with E-state index in [0.29, 0.717) is 43.7 Å². The molecule has 0 aliphatic carbocycles. The van der Waals surface area contributed by atoms with Gasteiger partial charge in [0.2, 0.25) is 5.96 Å². The van der Waals surface area contributed by atoms with Gasteiger partial charge in [-0.15, -0.1) is 0 Å². The first-order valence-corrected chi connectivity index (χ1v) is 12.5. The van der Waals surface area contributed by atoms with Gasteiger partial charge >= 0.3 is 6.09 Å². The van der Waals surface area contributed by atoms with E-state index < -0.39 is 23.6 Å². The Kier molecular flexibility index (Phi) is 8.45. The van der Waals surface area contributed by atoms with Crippen molar-refractivity contribution in [2.75, 3.05) is 12.8 Å². The zero-order valence-corrected chi connectivity index (χ0v) is 23.1. The van der Waals surface area contributed by atoms with Crippen molar-refractivity contribution in [1.82, 2.24) is 14.6 Å². The predicted octanol–water partition coefficient (Wildman–Crippen LogP) is 5.77. The van der Waals surface area contributed by atoms with Crippen molar-refractivity contribution in [1.29, 1.82) is 5.41 Å². The van der Waals surface area contributed by atoms with Gasteiger partial charge in [0.1, 0.15) is 11.4 Å². The Labute approximate surface area is 225 Å². The molecule has 37 heavy (non-hydrogen) atoms. The van der Waals surface area contributed by atoms with Crippen molar-refractivity contribution in [3.8, 4) is 17.0 Å². The quantitative estimate of drug-likeness (QED) is 0.212. The first-order valence-electron chi connectivity index (χ1n) is 11.4. The molecule has 0 radical (unpaired) electrons. The minimum atomic E-state index is -0.850. The molecule has 0 saturated carbocycles. The summed E-state index contributed by atoms with van der Waals surface area (Å²) in [5.74, 6) is -0.288. The second-order valence-corrected chi connectivity index (χ2v) is 10.8. The van der Waals surface area contributed by atoms with E-state index in [1.165, 1.54) is 11.5 Å². The zero-order valence-electron chi connectivity index (χ0n) is 21.6. The van der Waals surface area contributed by atoms with Gasteiger partial charge in [0, 0.05) is 10.4 Å². The van der Waals surface area contributed by atoms with Crippen LogP contribution in [-0.2, 0) is 11.3 Å². The molecule has 3 rings (SSSR count). The number of benzene rings is 2. The number of halogens is 1. The van der Waals surface area contributed by atoms with Crippen LogP contribution in [0.2, 0.25) is 5.02 Å². The number of guanidine groups is 1. The molecule has 1 heterocycles. The summed E-state index contributed by atoms with van der Waals surface area (Å²) in [6.45, 7) is 8.66. The highest BCUT2D eigenvalue weighted by Gasteiger charge is 2.29. The van der Waals surface area contributed by atoms with E-state index in [1.54, 1.807) is 66.0 Å². The van der Waals surface area contributed by atoms with E-state index >= 15 is 0 Å². The van der Waals surface area contributed by atoms with Gasteiger partial charge in [0.25, 0.3) is 5.91 Å². The van der Waals surface area contributed by atoms with Crippen LogP contribution in [0.4, 0.5) is 10.5 Å². The van der Waals surface area contributed by atoms with Crippen LogP contribution in [0.3, 0.4) is 0 Å². The molecule has 3 aromatic rings. The second-order valence-electron chi connectivity index (χ2n) is 9.37. The van der Waals surface area contributed by atoms with Gasteiger partial charge in [-0.05, 0) is 87.6 Å². The lowest BCUT2D eigenvalue weighted by Gasteiger charge is -2.26. The van der Waals surface area contributed by atoms with Gasteiger partial charge < -0.3 is 15.2 Å². The zero-order chi connectivity index (χ0) is 27.5. The van der Waals surface area contributed by atoms with E-state index in [1.807, 2.05) is 12.1 Å². The molecule has 0 spiro atoms. The molecule has 0 aliphatic heterocycles. The number of anilines is 1. The molecule has 4 N–H and O–H groups in total. The highest BCUT2D eigenvalue weighted by atomic mass is 35.5. The van der Waals surface area contributed by atoms with Crippen LogP contribution in [0.1, 0.15) is 47.1 Å². The van der Waals surface area contributed by atoms with E-state index in [0.717, 1.165) is 10.5 Å². The summed E-state index contributed by atoms with van der Waals surface area (Å²) in [5, 5.41) is 11.3. The molecule has 11 heteroatoms. The number of nitrogen functional groups attached to an aromatic ring is 1. The maximum atomic E-state index is 14.0. The number of nitrogens with one attached hydrogen (secondary N) is 2. The van der Waals surface area contributed by atoms with Crippen LogP contribution in [0.15, 0.2) is 36.4 Å². The summed E-state index contributed by atoms with van der Waals surface area (Å²) in [5.41, 5.74) is 8.51. The maximum absolute atomic E-state index is 14.0. The highest BCUT2D eigenvalue weighted by molar-refractivity contribution is 7.06. The van der Waals surface area contributed by atoms with Gasteiger partial charge in [-0.3, -0.25) is 20.4 Å². The molecule has 2 amide bonds. The summed E-state index contributed by atoms with van der Waals surface area (Å²) in [6, 6.07) is 10.6. The lowest BCUT2D eigenvalue weighted by atomic mass is 10.0. The Bertz CT molecular complexity index is 1310. The Morgan fingerprint density at radius 2 is 1.84 bits per heavy atom. The lowest BCUT2D eigenvalue weighted by Crippen LogP contribution is -2.47. The van der Waals surface area contributed by atoms with Gasteiger partial charge in [-0.2, -0.15) is 4.37 Å². The smallest absolute Gasteiger partial charge is 0.414 e. The lowest BCUT2D eigenvalue weighted by molar-refractivity contribution is 0.0554. The number of nitrogens with two attached hydrogens (primary N) is 1. The number of ether oxygens (including phenoxy) is 2. The van der Waals surface area contributed by atoms with Gasteiger partial charge in [-0.25, -0.2) is 4.79 Å². The monoisotopic (exact) mass is 543 g/mol. The van der Waals surface area contributed by atoms with Crippen LogP contribution in [0, 0.1) is 19.3 Å². The van der Waals surface area contributed by atoms with Crippen molar-refractivity contribution >= 4 is 46.8 Å². The molecule has 1 aromatic heterocycles. The highest BCUT2D eigenvalue weighted by Crippen LogP contribution is 2.31. The molecule has 196 valence electrons. The fourth-order valence-corrected chi connectivity index (χ4v) is 4.51. The summed E-state index contributed by atoms with van der Waals surface area (Å²) < 4.78 is 15.0. The first kappa shape index (κ1) is 27.9. The number of hydrogen-bond donors (Lipinski definition) is 3. The fourth-order valence-electron chi connectivity index (χ4n) is 3.53. The number of aryl methyl sites for hydroxylation is 2. The van der Waals surface area contributed by atoms with Crippen LogP contribution < -0.4 is 15.8 Å². The van der Waals surface area contributed by atoms with Crippen LogP contribution >= 0.6 is 23.1 Å². The number of rotatable bonds is 5. The minimum Gasteiger partial charge on any atom is -0.497 e. The first-order chi connectivity index (χ1) is 17.3. The summed E-state index contributed by atoms with van der Waals surface area (Å²) in [4.78, 5) is 28.2. The Morgan fingerprint density at radius 3 is 2.41 bits per heavy atom. The molecule has 0 fully saturated rings. The van der Waals surface area contributed by atoms with Crippen molar-refractivity contribution < 1.29 is 19.1 Å². The number of methoxy groups -OCH3 is 1. The van der Waals surface area contributed by atoms with Crippen LogP contribution in [0.25, 0.3) is 11.3 Å². The molecule has 0 bridgehead atoms. The standard InChI is InChI=1S/C26H30ClN5O4S/c1-14-11-16(12-19(27)21(14)28)13-32(24(29)30-25(34)36-26(3,4)5)23(33)20-15(2)37-31-22(20)17-7-9-18(35-6)10-8-17/h7-12H,13,28H2,1-6H3,(H2,29,30,34). The normalized spacial score (nSPS) is 11.1. The number of aromatic nitrogens is 1. The average Bonchev–Trinajstić information content (AvgIpc) is 3.20. The van der Waals surface area contributed by atoms with Crippen molar-refractivity contribution in [2.24, 2.45) is 0 Å². The molecule has 2 aromatic carbocycles. The van der Waals surface area contributed by atoms with Crippen LogP contribution in [0.5, 0.6) is 5.75 Å². The second kappa shape index (κ2) is 11.2. The van der Waals surface area contributed by atoms with Crippen molar-refractivity contribution in [2.45, 2.75) is 46.8 Å². The predicted molar refractivity (Wildman–Crippen MR) is 146 cm³/mol. The topological polar surface area (TPSA) is 131 Å². The Morgan fingerprint density at radius 1 is 1.19 bits per heavy atom. The Balaban J connectivity index is 2.02. The number of amides is 2. The maximum Gasteiger partial charge on any atom is 0.414 e. The van der Waals surface area contributed by atoms with Crippen LogP contribution in [-0.4, -0.2) is 39.9 Å². The van der Waals surface area contributed by atoms with Crippen molar-refractivity contribution in [3.05, 3.63) is 63.0 Å². The number of carbonyl (C=O) groups is 2. The van der Waals surface area contributed by atoms with Gasteiger partial charge in [-0.1, -0.05) is 17.7 Å². The molecule has 0 saturated heterocycles. The van der Waals surface area contributed by atoms with Gasteiger partial charge in [0.05, 0.1) is 35.6 Å². The summed E-state index contributed by atoms with van der Waals surface area (Å²) >= 11 is 7.46. The number of hydrogen-bond acceptors (Lipinski definition) is 8. The molecule has 0 atom stereocenters. The third-order valence-electron chi connectivity index (χ3n) is 5.31. The molecular formula is C26H30ClN5O4S. The van der Waals surface area contributed by atoms with E-state index in [9.17, 15) is 9.59 Å². The minimum absolute atomic E-state index is 0.0500. The largest absolute Gasteiger partial charge is 0.497 e. The summed E-state index contributed by atoms with van der Waals surface area (Å²) in [7, 11) is 1.57. The molecular weight excluding hydrogens is 514 g/mol.